The number of pyridine rings is 1. The van der Waals surface area contributed by atoms with Gasteiger partial charge in [-0.25, -0.2) is 4.98 Å². The highest BCUT2D eigenvalue weighted by Crippen LogP contribution is 2.18. The summed E-state index contributed by atoms with van der Waals surface area (Å²) in [4.78, 5) is 6.68. The minimum atomic E-state index is -0.444. The molecule has 0 saturated carbocycles. The molecular formula is C13H22N2O. The Morgan fingerprint density at radius 1 is 1.31 bits per heavy atom. The van der Waals surface area contributed by atoms with Crippen molar-refractivity contribution in [3.05, 3.63) is 23.9 Å². The quantitative estimate of drug-likeness (QED) is 0.832. The van der Waals surface area contributed by atoms with Crippen molar-refractivity contribution in [3.8, 4) is 0 Å². The molecular weight excluding hydrogens is 200 g/mol. The van der Waals surface area contributed by atoms with Crippen molar-refractivity contribution in [1.82, 2.24) is 4.98 Å². The summed E-state index contributed by atoms with van der Waals surface area (Å²) in [7, 11) is 0. The van der Waals surface area contributed by atoms with Crippen molar-refractivity contribution in [2.75, 3.05) is 11.4 Å². The molecule has 0 aromatic carbocycles. The average Bonchev–Trinajstić information content (AvgIpc) is 2.30. The van der Waals surface area contributed by atoms with Gasteiger partial charge in [-0.05, 0) is 38.8 Å². The number of aliphatic hydroxyl groups is 1. The largest absolute Gasteiger partial charge is 0.389 e. The molecule has 0 amide bonds. The Morgan fingerprint density at radius 3 is 2.38 bits per heavy atom. The van der Waals surface area contributed by atoms with E-state index in [1.807, 2.05) is 12.1 Å². The number of anilines is 1. The van der Waals surface area contributed by atoms with Crippen molar-refractivity contribution in [2.45, 2.75) is 46.3 Å². The fourth-order valence-corrected chi connectivity index (χ4v) is 1.73. The Bertz CT molecular complexity index is 308. The molecule has 0 saturated heterocycles. The fraction of sp³-hybridized carbons (Fsp3) is 0.615. The van der Waals surface area contributed by atoms with Gasteiger partial charge in [0.15, 0.2) is 0 Å². The molecule has 3 nitrogen and oxygen atoms in total. The fourth-order valence-electron chi connectivity index (χ4n) is 1.73. The molecule has 0 bridgehead atoms. The highest BCUT2D eigenvalue weighted by atomic mass is 16.3. The molecule has 1 rings (SSSR count). The second-order valence-electron chi connectivity index (χ2n) is 4.17. The van der Waals surface area contributed by atoms with Crippen molar-refractivity contribution >= 4 is 5.82 Å². The van der Waals surface area contributed by atoms with Crippen LogP contribution in [0.15, 0.2) is 18.3 Å². The number of nitrogens with zero attached hydrogens (tertiary/aromatic N) is 2. The zero-order chi connectivity index (χ0) is 12.1. The molecule has 1 unspecified atom stereocenters. The monoisotopic (exact) mass is 222 g/mol. The summed E-state index contributed by atoms with van der Waals surface area (Å²) < 4.78 is 0. The molecule has 0 aliphatic rings. The van der Waals surface area contributed by atoms with E-state index in [1.165, 1.54) is 0 Å². The van der Waals surface area contributed by atoms with E-state index in [0.717, 1.165) is 24.3 Å². The Morgan fingerprint density at radius 2 is 2.00 bits per heavy atom. The van der Waals surface area contributed by atoms with Gasteiger partial charge in [-0.3, -0.25) is 0 Å². The summed E-state index contributed by atoms with van der Waals surface area (Å²) in [6.07, 6.45) is 2.42. The van der Waals surface area contributed by atoms with Crippen LogP contribution in [0.3, 0.4) is 0 Å². The second kappa shape index (κ2) is 5.85. The third-order valence-electron chi connectivity index (χ3n) is 3.01. The van der Waals surface area contributed by atoms with Crippen LogP contribution in [0.25, 0.3) is 0 Å². The number of hydrogen-bond acceptors (Lipinski definition) is 3. The zero-order valence-corrected chi connectivity index (χ0v) is 10.6. The highest BCUT2D eigenvalue weighted by molar-refractivity contribution is 5.40. The molecule has 90 valence electrons. The van der Waals surface area contributed by atoms with Crippen molar-refractivity contribution < 1.29 is 5.11 Å². The Kier molecular flexibility index (Phi) is 4.74. The maximum absolute atomic E-state index is 9.41. The van der Waals surface area contributed by atoms with Gasteiger partial charge < -0.3 is 10.0 Å². The molecule has 1 aromatic rings. The third-order valence-corrected chi connectivity index (χ3v) is 3.01. The predicted molar refractivity (Wildman–Crippen MR) is 67.6 cm³/mol. The first kappa shape index (κ1) is 13.0. The van der Waals surface area contributed by atoms with Gasteiger partial charge in [-0.15, -0.1) is 0 Å². The van der Waals surface area contributed by atoms with Gasteiger partial charge in [-0.1, -0.05) is 13.0 Å². The third kappa shape index (κ3) is 2.95. The summed E-state index contributed by atoms with van der Waals surface area (Å²) in [6, 6.07) is 4.42. The molecule has 0 aliphatic carbocycles. The standard InChI is InChI=1S/C13H22N2O/c1-5-10(3)15(6-2)13-8-7-12(9-14-13)11(4)16/h7-11,16H,5-6H2,1-4H3/t10?,11-/m1/s1. The van der Waals surface area contributed by atoms with Crippen molar-refractivity contribution in [2.24, 2.45) is 0 Å². The maximum Gasteiger partial charge on any atom is 0.128 e. The van der Waals surface area contributed by atoms with E-state index in [-0.39, 0.29) is 0 Å². The van der Waals surface area contributed by atoms with E-state index >= 15 is 0 Å². The summed E-state index contributed by atoms with van der Waals surface area (Å²) in [5, 5.41) is 9.41. The summed E-state index contributed by atoms with van der Waals surface area (Å²) >= 11 is 0. The molecule has 0 aliphatic heterocycles. The van der Waals surface area contributed by atoms with Gasteiger partial charge in [-0.2, -0.15) is 0 Å². The molecule has 2 atom stereocenters. The lowest BCUT2D eigenvalue weighted by atomic mass is 10.1. The van der Waals surface area contributed by atoms with E-state index in [2.05, 4.69) is 30.7 Å². The van der Waals surface area contributed by atoms with Crippen LogP contribution in [-0.4, -0.2) is 22.7 Å². The van der Waals surface area contributed by atoms with Crippen LogP contribution in [0.1, 0.15) is 45.8 Å². The first-order chi connectivity index (χ1) is 7.60. The van der Waals surface area contributed by atoms with Crippen LogP contribution in [-0.2, 0) is 0 Å². The van der Waals surface area contributed by atoms with Crippen molar-refractivity contribution in [1.29, 1.82) is 0 Å². The van der Waals surface area contributed by atoms with Gasteiger partial charge >= 0.3 is 0 Å². The van der Waals surface area contributed by atoms with Crippen molar-refractivity contribution in [3.63, 3.8) is 0 Å². The van der Waals surface area contributed by atoms with E-state index in [4.69, 9.17) is 0 Å². The number of aliphatic hydroxyl groups excluding tert-OH is 1. The first-order valence-electron chi connectivity index (χ1n) is 6.00. The Hall–Kier alpha value is -1.09. The van der Waals surface area contributed by atoms with E-state index < -0.39 is 6.10 Å². The Labute approximate surface area is 98.1 Å². The van der Waals surface area contributed by atoms with Gasteiger partial charge in [0.1, 0.15) is 5.82 Å². The lowest BCUT2D eigenvalue weighted by Crippen LogP contribution is -2.32. The van der Waals surface area contributed by atoms with Gasteiger partial charge in [0.2, 0.25) is 0 Å². The molecule has 1 aromatic heterocycles. The average molecular weight is 222 g/mol. The van der Waals surface area contributed by atoms with E-state index in [1.54, 1.807) is 13.1 Å². The van der Waals surface area contributed by atoms with Gasteiger partial charge in [0.25, 0.3) is 0 Å². The minimum Gasteiger partial charge on any atom is -0.389 e. The molecule has 0 radical (unpaired) electrons. The number of hydrogen-bond donors (Lipinski definition) is 1. The van der Waals surface area contributed by atoms with Crippen LogP contribution in [0.5, 0.6) is 0 Å². The molecule has 1 N–H and O–H groups in total. The Balaban J connectivity index is 2.86. The maximum atomic E-state index is 9.41. The number of rotatable bonds is 5. The molecule has 0 spiro atoms. The van der Waals surface area contributed by atoms with Gasteiger partial charge in [0, 0.05) is 18.8 Å². The highest BCUT2D eigenvalue weighted by Gasteiger charge is 2.12. The van der Waals surface area contributed by atoms with E-state index in [9.17, 15) is 5.11 Å². The smallest absolute Gasteiger partial charge is 0.128 e. The van der Waals surface area contributed by atoms with Crippen LogP contribution >= 0.6 is 0 Å². The van der Waals surface area contributed by atoms with Crippen LogP contribution in [0, 0.1) is 0 Å². The summed E-state index contributed by atoms with van der Waals surface area (Å²) in [5.74, 6) is 0.987. The normalized spacial score (nSPS) is 14.6. The van der Waals surface area contributed by atoms with Crippen LogP contribution in [0.4, 0.5) is 5.82 Å². The topological polar surface area (TPSA) is 36.4 Å². The van der Waals surface area contributed by atoms with E-state index in [0.29, 0.717) is 6.04 Å². The second-order valence-corrected chi connectivity index (χ2v) is 4.17. The SMILES string of the molecule is CCC(C)N(CC)c1ccc([C@@H](C)O)cn1. The molecule has 1 heterocycles. The minimum absolute atomic E-state index is 0.444. The lowest BCUT2D eigenvalue weighted by molar-refractivity contribution is 0.199. The van der Waals surface area contributed by atoms with Crippen LogP contribution in [0.2, 0.25) is 0 Å². The summed E-state index contributed by atoms with van der Waals surface area (Å²) in [6.45, 7) is 9.22. The van der Waals surface area contributed by atoms with Gasteiger partial charge in [0.05, 0.1) is 6.10 Å². The zero-order valence-electron chi connectivity index (χ0n) is 10.6. The lowest BCUT2D eigenvalue weighted by Gasteiger charge is -2.28. The number of aromatic nitrogens is 1. The summed E-state index contributed by atoms with van der Waals surface area (Å²) in [5.41, 5.74) is 0.865. The molecule has 3 heteroatoms. The predicted octanol–water partition coefficient (Wildman–Crippen LogP) is 2.76. The molecule has 16 heavy (non-hydrogen) atoms. The molecule has 0 fully saturated rings. The van der Waals surface area contributed by atoms with Crippen LogP contribution < -0.4 is 4.90 Å². The first-order valence-corrected chi connectivity index (χ1v) is 6.00.